The van der Waals surface area contributed by atoms with E-state index in [1.807, 2.05) is 58.0 Å². The van der Waals surface area contributed by atoms with Gasteiger partial charge in [-0.3, -0.25) is 14.5 Å². The van der Waals surface area contributed by atoms with Gasteiger partial charge in [0.25, 0.3) is 11.8 Å². The average Bonchev–Trinajstić information content (AvgIpc) is 2.92. The zero-order valence-corrected chi connectivity index (χ0v) is 16.6. The maximum atomic E-state index is 13.1. The fourth-order valence-electron chi connectivity index (χ4n) is 3.28. The number of rotatable bonds is 5. The predicted molar refractivity (Wildman–Crippen MR) is 106 cm³/mol. The molecule has 0 bridgehead atoms. The van der Waals surface area contributed by atoms with Crippen molar-refractivity contribution in [1.29, 1.82) is 0 Å². The molecule has 5 heteroatoms. The van der Waals surface area contributed by atoms with Crippen molar-refractivity contribution in [2.75, 3.05) is 0 Å². The summed E-state index contributed by atoms with van der Waals surface area (Å²) in [6.45, 7) is 7.90. The largest absolute Gasteiger partial charge is 0.459 e. The maximum Gasteiger partial charge on any atom is 0.330 e. The summed E-state index contributed by atoms with van der Waals surface area (Å²) in [5.74, 6) is -1.75. The molecular weight excluding hydrogens is 354 g/mol. The number of hydrogen-bond donors (Lipinski definition) is 0. The first-order valence-corrected chi connectivity index (χ1v) is 9.39. The van der Waals surface area contributed by atoms with Crippen molar-refractivity contribution in [2.24, 2.45) is 11.3 Å². The first-order valence-electron chi connectivity index (χ1n) is 9.39. The van der Waals surface area contributed by atoms with E-state index in [0.29, 0.717) is 11.1 Å². The standard InChI is InChI=1S/C23H25NO4/c1-15(23(2,3)4)19(22(27)28-14-16-10-6-5-7-11-16)24-20(25)17-12-8-9-13-18(17)21(24)26/h5-13,15,19H,14H2,1-4H3/t15-,19+/m1/s1. The Morgan fingerprint density at radius 2 is 1.43 bits per heavy atom. The summed E-state index contributed by atoms with van der Waals surface area (Å²) in [4.78, 5) is 40.1. The van der Waals surface area contributed by atoms with Crippen molar-refractivity contribution < 1.29 is 19.1 Å². The van der Waals surface area contributed by atoms with Gasteiger partial charge in [0.15, 0.2) is 0 Å². The quantitative estimate of drug-likeness (QED) is 0.580. The number of carbonyl (C=O) groups is 3. The lowest BCUT2D eigenvalue weighted by Crippen LogP contribution is -2.52. The maximum absolute atomic E-state index is 13.1. The lowest BCUT2D eigenvalue weighted by atomic mass is 9.77. The van der Waals surface area contributed by atoms with E-state index in [1.54, 1.807) is 24.3 Å². The smallest absolute Gasteiger partial charge is 0.330 e. The highest BCUT2D eigenvalue weighted by Gasteiger charge is 2.48. The molecule has 146 valence electrons. The number of hydrogen-bond acceptors (Lipinski definition) is 4. The van der Waals surface area contributed by atoms with Crippen LogP contribution in [0.25, 0.3) is 0 Å². The number of fused-ring (bicyclic) bond motifs is 1. The molecule has 0 spiro atoms. The molecule has 2 aromatic rings. The summed E-state index contributed by atoms with van der Waals surface area (Å²) < 4.78 is 5.53. The number of carbonyl (C=O) groups excluding carboxylic acids is 3. The summed E-state index contributed by atoms with van der Waals surface area (Å²) in [5, 5.41) is 0. The Morgan fingerprint density at radius 3 is 1.93 bits per heavy atom. The molecule has 3 rings (SSSR count). The van der Waals surface area contributed by atoms with Crippen molar-refractivity contribution in [2.45, 2.75) is 40.3 Å². The summed E-state index contributed by atoms with van der Waals surface area (Å²) in [7, 11) is 0. The van der Waals surface area contributed by atoms with Crippen LogP contribution < -0.4 is 0 Å². The Labute approximate surface area is 165 Å². The first kappa shape index (κ1) is 19.8. The van der Waals surface area contributed by atoms with Crippen molar-refractivity contribution in [3.05, 3.63) is 71.3 Å². The molecule has 0 unspecified atom stereocenters. The third kappa shape index (κ3) is 3.70. The first-order chi connectivity index (χ1) is 13.2. The lowest BCUT2D eigenvalue weighted by Gasteiger charge is -2.36. The molecule has 5 nitrogen and oxygen atoms in total. The highest BCUT2D eigenvalue weighted by Crippen LogP contribution is 2.35. The van der Waals surface area contributed by atoms with Crippen molar-refractivity contribution in [1.82, 2.24) is 4.90 Å². The summed E-state index contributed by atoms with van der Waals surface area (Å²) >= 11 is 0. The molecule has 2 aromatic carbocycles. The molecular formula is C23H25NO4. The van der Waals surface area contributed by atoms with Crippen LogP contribution >= 0.6 is 0 Å². The van der Waals surface area contributed by atoms with Gasteiger partial charge in [0.2, 0.25) is 0 Å². The Bertz CT molecular complexity index is 863. The third-order valence-corrected chi connectivity index (χ3v) is 5.41. The third-order valence-electron chi connectivity index (χ3n) is 5.41. The van der Waals surface area contributed by atoms with Crippen LogP contribution in [0.15, 0.2) is 54.6 Å². The second kappa shape index (κ2) is 7.58. The van der Waals surface area contributed by atoms with E-state index < -0.39 is 23.8 Å². The highest BCUT2D eigenvalue weighted by atomic mass is 16.5. The fourth-order valence-corrected chi connectivity index (χ4v) is 3.28. The molecule has 0 saturated carbocycles. The second-order valence-corrected chi connectivity index (χ2v) is 8.22. The molecule has 1 aliphatic heterocycles. The van der Waals surface area contributed by atoms with Gasteiger partial charge >= 0.3 is 5.97 Å². The van der Waals surface area contributed by atoms with Crippen LogP contribution in [-0.2, 0) is 16.1 Å². The van der Waals surface area contributed by atoms with E-state index in [9.17, 15) is 14.4 Å². The minimum absolute atomic E-state index is 0.0935. The van der Waals surface area contributed by atoms with Gasteiger partial charge in [-0.2, -0.15) is 0 Å². The predicted octanol–water partition coefficient (Wildman–Crippen LogP) is 4.08. The van der Waals surface area contributed by atoms with Gasteiger partial charge in [0, 0.05) is 0 Å². The highest BCUT2D eigenvalue weighted by molar-refractivity contribution is 6.22. The Morgan fingerprint density at radius 1 is 0.929 bits per heavy atom. The molecule has 0 aromatic heterocycles. The Hall–Kier alpha value is -2.95. The summed E-state index contributed by atoms with van der Waals surface area (Å²) in [6, 6.07) is 15.0. The second-order valence-electron chi connectivity index (χ2n) is 8.22. The number of amides is 2. The van der Waals surface area contributed by atoms with E-state index in [0.717, 1.165) is 10.5 Å². The van der Waals surface area contributed by atoms with Gasteiger partial charge in [-0.15, -0.1) is 0 Å². The SMILES string of the molecule is C[C@H]([C@@H](C(=O)OCc1ccccc1)N1C(=O)c2ccccc2C1=O)C(C)(C)C. The van der Waals surface area contributed by atoms with E-state index in [4.69, 9.17) is 4.74 Å². The molecule has 0 saturated heterocycles. The van der Waals surface area contributed by atoms with Crippen molar-refractivity contribution in [3.8, 4) is 0 Å². The van der Waals surface area contributed by atoms with Crippen LogP contribution in [0.3, 0.4) is 0 Å². The van der Waals surface area contributed by atoms with Gasteiger partial charge in [-0.05, 0) is 29.0 Å². The van der Waals surface area contributed by atoms with Gasteiger partial charge in [0.05, 0.1) is 11.1 Å². The molecule has 0 aliphatic carbocycles. The van der Waals surface area contributed by atoms with Crippen molar-refractivity contribution >= 4 is 17.8 Å². The minimum Gasteiger partial charge on any atom is -0.459 e. The molecule has 0 radical (unpaired) electrons. The molecule has 1 heterocycles. The van der Waals surface area contributed by atoms with Gasteiger partial charge in [-0.1, -0.05) is 70.2 Å². The average molecular weight is 379 g/mol. The topological polar surface area (TPSA) is 63.7 Å². The number of benzene rings is 2. The summed E-state index contributed by atoms with van der Waals surface area (Å²) in [6.07, 6.45) is 0. The molecule has 0 N–H and O–H groups in total. The molecule has 2 atom stereocenters. The van der Waals surface area contributed by atoms with E-state index >= 15 is 0 Å². The van der Waals surface area contributed by atoms with E-state index in [2.05, 4.69) is 0 Å². The number of esters is 1. The number of imide groups is 1. The van der Waals surface area contributed by atoms with Crippen LogP contribution in [0.2, 0.25) is 0 Å². The fraction of sp³-hybridized carbons (Fsp3) is 0.348. The van der Waals surface area contributed by atoms with Crippen LogP contribution in [-0.4, -0.2) is 28.7 Å². The van der Waals surface area contributed by atoms with Crippen LogP contribution in [0.1, 0.15) is 54.0 Å². The van der Waals surface area contributed by atoms with Gasteiger partial charge < -0.3 is 4.74 Å². The lowest BCUT2D eigenvalue weighted by molar-refractivity contribution is -0.153. The normalized spacial score (nSPS) is 15.9. The number of ether oxygens (including phenoxy) is 1. The zero-order chi connectivity index (χ0) is 20.5. The summed E-state index contributed by atoms with van der Waals surface area (Å²) in [5.41, 5.74) is 1.19. The molecule has 2 amide bonds. The molecule has 0 fully saturated rings. The van der Waals surface area contributed by atoms with Crippen LogP contribution in [0.5, 0.6) is 0 Å². The van der Waals surface area contributed by atoms with Gasteiger partial charge in [0.1, 0.15) is 12.6 Å². The minimum atomic E-state index is -0.990. The molecule has 1 aliphatic rings. The zero-order valence-electron chi connectivity index (χ0n) is 16.6. The molecule has 28 heavy (non-hydrogen) atoms. The van der Waals surface area contributed by atoms with Crippen molar-refractivity contribution in [3.63, 3.8) is 0 Å². The van der Waals surface area contributed by atoms with E-state index in [-0.39, 0.29) is 17.9 Å². The van der Waals surface area contributed by atoms with Gasteiger partial charge in [-0.25, -0.2) is 4.79 Å². The Kier molecular flexibility index (Phi) is 5.36. The number of nitrogens with zero attached hydrogens (tertiary/aromatic N) is 1. The van der Waals surface area contributed by atoms with E-state index in [1.165, 1.54) is 0 Å². The van der Waals surface area contributed by atoms with Crippen LogP contribution in [0, 0.1) is 11.3 Å². The Balaban J connectivity index is 1.91. The van der Waals surface area contributed by atoms with Crippen LogP contribution in [0.4, 0.5) is 0 Å². The monoisotopic (exact) mass is 379 g/mol.